The lowest BCUT2D eigenvalue weighted by Crippen LogP contribution is -2.19. The van der Waals surface area contributed by atoms with Gasteiger partial charge in [-0.15, -0.1) is 0 Å². The molecule has 0 fully saturated rings. The highest BCUT2D eigenvalue weighted by molar-refractivity contribution is 9.10. The van der Waals surface area contributed by atoms with Crippen molar-refractivity contribution >= 4 is 38.8 Å². The van der Waals surface area contributed by atoms with Crippen molar-refractivity contribution in [2.24, 2.45) is 0 Å². The van der Waals surface area contributed by atoms with Crippen LogP contribution >= 0.6 is 15.9 Å². The van der Waals surface area contributed by atoms with Gasteiger partial charge in [0, 0.05) is 18.4 Å². The number of fused-ring (bicyclic) bond motifs is 1. The monoisotopic (exact) mass is 434 g/mol. The summed E-state index contributed by atoms with van der Waals surface area (Å²) >= 11 is 3.14. The number of ether oxygens (including phenoxy) is 2. The van der Waals surface area contributed by atoms with Gasteiger partial charge in [0.1, 0.15) is 29.3 Å². The third kappa shape index (κ3) is 4.40. The second-order valence-corrected chi connectivity index (χ2v) is 6.42. The normalized spacial score (nSPS) is 10.6. The number of hydrogen-bond acceptors (Lipinski definition) is 6. The Kier molecular flexibility index (Phi) is 5.36. The average molecular weight is 435 g/mol. The molecule has 0 N–H and O–H groups in total. The topological polar surface area (TPSA) is 82.8 Å². The Hall–Kier alpha value is -3.00. The van der Waals surface area contributed by atoms with Gasteiger partial charge in [0.25, 0.3) is 0 Å². The van der Waals surface area contributed by atoms with E-state index < -0.39 is 23.4 Å². The summed E-state index contributed by atoms with van der Waals surface area (Å²) in [6, 6.07) is 9.69. The lowest BCUT2D eigenvalue weighted by Gasteiger charge is -2.07. The molecule has 2 aromatic carbocycles. The van der Waals surface area contributed by atoms with Gasteiger partial charge in [-0.05, 0) is 51.8 Å². The van der Waals surface area contributed by atoms with Gasteiger partial charge in [-0.3, -0.25) is 4.79 Å². The molecule has 3 aromatic rings. The zero-order valence-corrected chi connectivity index (χ0v) is 15.5. The summed E-state index contributed by atoms with van der Waals surface area (Å²) < 4.78 is 28.8. The number of carbonyl (C=O) groups is 2. The molecule has 0 aliphatic heterocycles. The molecule has 0 saturated heterocycles. The van der Waals surface area contributed by atoms with Crippen molar-refractivity contribution in [1.82, 2.24) is 0 Å². The van der Waals surface area contributed by atoms with Gasteiger partial charge < -0.3 is 13.9 Å². The van der Waals surface area contributed by atoms with Crippen LogP contribution in [0.25, 0.3) is 11.0 Å². The molecule has 8 heteroatoms. The maximum absolute atomic E-state index is 13.3. The van der Waals surface area contributed by atoms with Gasteiger partial charge in [-0.25, -0.2) is 14.0 Å². The Morgan fingerprint density at radius 3 is 2.67 bits per heavy atom. The van der Waals surface area contributed by atoms with Gasteiger partial charge in [0.15, 0.2) is 0 Å². The van der Waals surface area contributed by atoms with E-state index in [4.69, 9.17) is 13.9 Å². The quantitative estimate of drug-likeness (QED) is 0.350. The third-order valence-electron chi connectivity index (χ3n) is 3.55. The van der Waals surface area contributed by atoms with Gasteiger partial charge in [0.2, 0.25) is 0 Å². The van der Waals surface area contributed by atoms with E-state index in [1.54, 1.807) is 12.1 Å². The highest BCUT2D eigenvalue weighted by atomic mass is 79.9. The molecule has 1 heterocycles. The Morgan fingerprint density at radius 1 is 1.15 bits per heavy atom. The van der Waals surface area contributed by atoms with E-state index in [1.165, 1.54) is 31.2 Å². The van der Waals surface area contributed by atoms with E-state index in [9.17, 15) is 18.8 Å². The zero-order chi connectivity index (χ0) is 19.6. The molecule has 1 aromatic heterocycles. The number of hydrogen-bond donors (Lipinski definition) is 0. The smallest absolute Gasteiger partial charge is 0.351 e. The molecule has 0 aliphatic rings. The lowest BCUT2D eigenvalue weighted by atomic mass is 10.1. The minimum Gasteiger partial charge on any atom is -0.461 e. The van der Waals surface area contributed by atoms with Crippen LogP contribution in [0, 0.1) is 5.82 Å². The minimum atomic E-state index is -0.984. The van der Waals surface area contributed by atoms with E-state index >= 15 is 0 Å². The van der Waals surface area contributed by atoms with E-state index in [1.807, 2.05) is 0 Å². The summed E-state index contributed by atoms with van der Waals surface area (Å²) in [5.74, 6) is -2.08. The zero-order valence-electron chi connectivity index (χ0n) is 14.0. The summed E-state index contributed by atoms with van der Waals surface area (Å²) in [7, 11) is 0. The second-order valence-electron chi connectivity index (χ2n) is 5.56. The summed E-state index contributed by atoms with van der Waals surface area (Å²) in [4.78, 5) is 35.4. The number of carbonyl (C=O) groups excluding carboxylic acids is 2. The van der Waals surface area contributed by atoms with Crippen molar-refractivity contribution in [2.45, 2.75) is 13.5 Å². The van der Waals surface area contributed by atoms with Crippen LogP contribution in [-0.4, -0.2) is 11.9 Å². The van der Waals surface area contributed by atoms with Gasteiger partial charge in [-0.1, -0.05) is 6.07 Å². The number of esters is 2. The van der Waals surface area contributed by atoms with Crippen molar-refractivity contribution in [3.8, 4) is 5.75 Å². The van der Waals surface area contributed by atoms with Gasteiger partial charge >= 0.3 is 17.6 Å². The van der Waals surface area contributed by atoms with Crippen LogP contribution in [0.1, 0.15) is 22.8 Å². The maximum Gasteiger partial charge on any atom is 0.351 e. The van der Waals surface area contributed by atoms with Crippen molar-refractivity contribution in [3.05, 3.63) is 74.3 Å². The fraction of sp³-hybridized carbons (Fsp3) is 0.105. The van der Waals surface area contributed by atoms with Crippen molar-refractivity contribution in [3.63, 3.8) is 0 Å². The number of benzene rings is 2. The number of rotatable bonds is 4. The maximum atomic E-state index is 13.3. The molecule has 0 spiro atoms. The molecule has 0 aliphatic carbocycles. The van der Waals surface area contributed by atoms with Crippen LogP contribution in [0.4, 0.5) is 4.39 Å². The summed E-state index contributed by atoms with van der Waals surface area (Å²) in [5.41, 5.74) is -0.315. The van der Waals surface area contributed by atoms with E-state index in [-0.39, 0.29) is 23.5 Å². The molecule has 0 unspecified atom stereocenters. The molecule has 3 rings (SSSR count). The summed E-state index contributed by atoms with van der Waals surface area (Å²) in [6.45, 7) is 1.33. The predicted octanol–water partition coefficient (Wildman–Crippen LogP) is 3.98. The van der Waals surface area contributed by atoms with E-state index in [2.05, 4.69) is 15.9 Å². The highest BCUT2D eigenvalue weighted by Gasteiger charge is 2.18. The molecule has 138 valence electrons. The Labute approximate surface area is 160 Å². The first kappa shape index (κ1) is 18.8. The fourth-order valence-corrected chi connectivity index (χ4v) is 2.63. The van der Waals surface area contributed by atoms with Gasteiger partial charge in [0.05, 0.1) is 4.47 Å². The first-order valence-corrected chi connectivity index (χ1v) is 8.50. The molecule has 6 nitrogen and oxygen atoms in total. The van der Waals surface area contributed by atoms with Crippen molar-refractivity contribution < 1.29 is 27.9 Å². The molecule has 0 radical (unpaired) electrons. The average Bonchev–Trinajstić information content (AvgIpc) is 2.62. The second kappa shape index (κ2) is 7.71. The lowest BCUT2D eigenvalue weighted by molar-refractivity contribution is -0.142. The molecule has 0 saturated carbocycles. The Balaban J connectivity index is 1.94. The van der Waals surface area contributed by atoms with Crippen LogP contribution in [0.15, 0.2) is 56.1 Å². The van der Waals surface area contributed by atoms with E-state index in [0.717, 1.165) is 6.07 Å². The first-order valence-electron chi connectivity index (χ1n) is 7.71. The predicted molar refractivity (Wildman–Crippen MR) is 97.0 cm³/mol. The van der Waals surface area contributed by atoms with Crippen molar-refractivity contribution in [1.29, 1.82) is 0 Å². The van der Waals surface area contributed by atoms with Crippen LogP contribution in [0.2, 0.25) is 0 Å². The Morgan fingerprint density at radius 2 is 1.93 bits per heavy atom. The standard InChI is InChI=1S/C19H12BrFO6/c1-10(22)25-9-11-2-5-16-12(6-11)7-14(18(23)26-16)19(24)27-17-8-13(21)3-4-15(17)20/h2-8H,9H2,1H3. The van der Waals surface area contributed by atoms with E-state index in [0.29, 0.717) is 15.4 Å². The Bertz CT molecular complexity index is 1110. The molecular weight excluding hydrogens is 423 g/mol. The molecule has 0 amide bonds. The van der Waals surface area contributed by atoms with Crippen LogP contribution in [0.3, 0.4) is 0 Å². The van der Waals surface area contributed by atoms with Gasteiger partial charge in [-0.2, -0.15) is 0 Å². The molecule has 0 bridgehead atoms. The van der Waals surface area contributed by atoms with Crippen LogP contribution < -0.4 is 10.4 Å². The number of halogens is 2. The van der Waals surface area contributed by atoms with Crippen LogP contribution in [-0.2, 0) is 16.1 Å². The first-order chi connectivity index (χ1) is 12.8. The molecular formula is C19H12BrFO6. The molecule has 27 heavy (non-hydrogen) atoms. The summed E-state index contributed by atoms with van der Waals surface area (Å²) in [6.07, 6.45) is 0. The van der Waals surface area contributed by atoms with Crippen molar-refractivity contribution in [2.75, 3.05) is 0 Å². The largest absolute Gasteiger partial charge is 0.461 e. The fourth-order valence-electron chi connectivity index (χ4n) is 2.30. The summed E-state index contributed by atoms with van der Waals surface area (Å²) in [5, 5.41) is 0.449. The SMILES string of the molecule is CC(=O)OCc1ccc2oc(=O)c(C(=O)Oc3cc(F)ccc3Br)cc2c1. The highest BCUT2D eigenvalue weighted by Crippen LogP contribution is 2.26. The molecule has 0 atom stereocenters. The van der Waals surface area contributed by atoms with Crippen LogP contribution in [0.5, 0.6) is 5.75 Å². The third-order valence-corrected chi connectivity index (χ3v) is 4.21. The minimum absolute atomic E-state index is 0.0421.